The minimum Gasteiger partial charge on any atom is -0.449 e. The maximum Gasteiger partial charge on any atom is 0.338 e. The lowest BCUT2D eigenvalue weighted by Crippen LogP contribution is -2.31. The minimum absolute atomic E-state index is 0.0294. The van der Waals surface area contributed by atoms with Gasteiger partial charge >= 0.3 is 5.97 Å². The second-order valence-electron chi connectivity index (χ2n) is 7.23. The lowest BCUT2D eigenvalue weighted by Gasteiger charge is -2.23. The Bertz CT molecular complexity index is 1280. The van der Waals surface area contributed by atoms with E-state index >= 15 is 0 Å². The van der Waals surface area contributed by atoms with E-state index < -0.39 is 33.8 Å². The van der Waals surface area contributed by atoms with Crippen molar-refractivity contribution in [3.63, 3.8) is 0 Å². The van der Waals surface area contributed by atoms with Crippen LogP contribution in [0.5, 0.6) is 0 Å². The Balaban J connectivity index is 1.77. The fraction of sp³-hybridized carbons (Fsp3) is 0.120. The molecular formula is C25H23FN2O5S. The lowest BCUT2D eigenvalue weighted by molar-refractivity contribution is -0.123. The predicted octanol–water partition coefficient (Wildman–Crippen LogP) is 4.39. The van der Waals surface area contributed by atoms with E-state index in [0.29, 0.717) is 11.4 Å². The highest BCUT2D eigenvalue weighted by atomic mass is 32.2. The second-order valence-corrected chi connectivity index (χ2v) is 9.09. The molecule has 1 N–H and O–H groups in total. The van der Waals surface area contributed by atoms with Crippen molar-refractivity contribution in [2.24, 2.45) is 0 Å². The first-order valence-electron chi connectivity index (χ1n) is 10.3. The Kier molecular flexibility index (Phi) is 7.80. The summed E-state index contributed by atoms with van der Waals surface area (Å²) < 4.78 is 46.0. The largest absolute Gasteiger partial charge is 0.449 e. The number of para-hydroxylation sites is 1. The smallest absolute Gasteiger partial charge is 0.338 e. The SMILES string of the molecule is C=CCN(c1ccccc1)S(=O)(=O)c1cccc(C(=O)OC(C)C(=O)Nc2ccc(F)cc2)c1. The molecule has 0 aromatic heterocycles. The number of benzene rings is 3. The first kappa shape index (κ1) is 24.7. The average Bonchev–Trinajstić information content (AvgIpc) is 2.84. The standard InChI is InChI=1S/C25H23FN2O5S/c1-3-16-28(22-9-5-4-6-10-22)34(31,32)23-11-7-8-19(17-23)25(30)33-18(2)24(29)27-21-14-12-20(26)13-15-21/h3-15,17-18H,1,16H2,2H3,(H,27,29). The molecule has 0 bridgehead atoms. The number of sulfonamides is 1. The van der Waals surface area contributed by atoms with Crippen LogP contribution in [0.2, 0.25) is 0 Å². The van der Waals surface area contributed by atoms with Gasteiger partial charge in [-0.25, -0.2) is 17.6 Å². The third kappa shape index (κ3) is 5.87. The third-order valence-electron chi connectivity index (χ3n) is 4.76. The van der Waals surface area contributed by atoms with Crippen molar-refractivity contribution >= 4 is 33.3 Å². The lowest BCUT2D eigenvalue weighted by atomic mass is 10.2. The van der Waals surface area contributed by atoms with Crippen molar-refractivity contribution in [1.29, 1.82) is 0 Å². The Hall–Kier alpha value is -3.98. The Morgan fingerprint density at radius 1 is 1.06 bits per heavy atom. The number of nitrogens with zero attached hydrogens (tertiary/aromatic N) is 1. The van der Waals surface area contributed by atoms with Gasteiger partial charge in [0.05, 0.1) is 22.7 Å². The summed E-state index contributed by atoms with van der Waals surface area (Å²) in [6.45, 7) is 5.03. The molecule has 3 rings (SSSR count). The number of hydrogen-bond acceptors (Lipinski definition) is 5. The number of nitrogens with one attached hydrogen (secondary N) is 1. The molecule has 1 amide bonds. The van der Waals surface area contributed by atoms with E-state index in [1.807, 2.05) is 0 Å². The molecule has 0 fully saturated rings. The van der Waals surface area contributed by atoms with Crippen LogP contribution in [0.4, 0.5) is 15.8 Å². The van der Waals surface area contributed by atoms with E-state index in [2.05, 4.69) is 11.9 Å². The fourth-order valence-electron chi connectivity index (χ4n) is 3.02. The first-order chi connectivity index (χ1) is 16.2. The van der Waals surface area contributed by atoms with Gasteiger partial charge < -0.3 is 10.1 Å². The summed E-state index contributed by atoms with van der Waals surface area (Å²) in [4.78, 5) is 24.8. The molecule has 1 atom stereocenters. The summed E-state index contributed by atoms with van der Waals surface area (Å²) in [7, 11) is -4.02. The Morgan fingerprint density at radius 3 is 2.38 bits per heavy atom. The van der Waals surface area contributed by atoms with Crippen LogP contribution >= 0.6 is 0 Å². The molecule has 0 aliphatic carbocycles. The van der Waals surface area contributed by atoms with Gasteiger partial charge in [0.15, 0.2) is 6.10 Å². The highest BCUT2D eigenvalue weighted by Gasteiger charge is 2.26. The predicted molar refractivity (Wildman–Crippen MR) is 128 cm³/mol. The molecule has 0 radical (unpaired) electrons. The van der Waals surface area contributed by atoms with Gasteiger partial charge in [0.2, 0.25) is 0 Å². The van der Waals surface area contributed by atoms with E-state index in [-0.39, 0.29) is 17.0 Å². The van der Waals surface area contributed by atoms with Crippen LogP contribution in [-0.4, -0.2) is 32.9 Å². The molecule has 1 unspecified atom stereocenters. The zero-order valence-corrected chi connectivity index (χ0v) is 19.2. The van der Waals surface area contributed by atoms with Gasteiger partial charge in [-0.2, -0.15) is 0 Å². The molecule has 34 heavy (non-hydrogen) atoms. The zero-order chi connectivity index (χ0) is 24.7. The molecule has 3 aromatic carbocycles. The molecule has 0 saturated heterocycles. The molecular weight excluding hydrogens is 459 g/mol. The van der Waals surface area contributed by atoms with Gasteiger partial charge in [0, 0.05) is 5.69 Å². The van der Waals surface area contributed by atoms with Gasteiger partial charge in [-0.3, -0.25) is 9.10 Å². The summed E-state index contributed by atoms with van der Waals surface area (Å²) in [5, 5.41) is 2.51. The molecule has 7 nitrogen and oxygen atoms in total. The van der Waals surface area contributed by atoms with Gasteiger partial charge in [-0.15, -0.1) is 6.58 Å². The molecule has 0 saturated carbocycles. The van der Waals surface area contributed by atoms with Crippen LogP contribution in [0.15, 0.2) is 96.4 Å². The second kappa shape index (κ2) is 10.8. The summed E-state index contributed by atoms with van der Waals surface area (Å²) in [5.74, 6) is -1.94. The van der Waals surface area contributed by atoms with E-state index in [0.717, 1.165) is 0 Å². The van der Waals surface area contributed by atoms with Crippen LogP contribution in [0, 0.1) is 5.82 Å². The van der Waals surface area contributed by atoms with E-state index in [4.69, 9.17) is 4.74 Å². The number of ether oxygens (including phenoxy) is 1. The van der Waals surface area contributed by atoms with Crippen molar-refractivity contribution in [3.05, 3.63) is 103 Å². The number of rotatable bonds is 9. The van der Waals surface area contributed by atoms with Gasteiger partial charge in [0.25, 0.3) is 15.9 Å². The van der Waals surface area contributed by atoms with Gasteiger partial charge in [-0.05, 0) is 61.5 Å². The minimum atomic E-state index is -4.02. The highest BCUT2D eigenvalue weighted by Crippen LogP contribution is 2.24. The molecule has 0 heterocycles. The van der Waals surface area contributed by atoms with Crippen molar-refractivity contribution in [2.75, 3.05) is 16.2 Å². The summed E-state index contributed by atoms with van der Waals surface area (Å²) in [6.07, 6.45) is 0.281. The maximum atomic E-state index is 13.3. The average molecular weight is 483 g/mol. The van der Waals surface area contributed by atoms with Crippen LogP contribution in [-0.2, 0) is 19.6 Å². The van der Waals surface area contributed by atoms with Gasteiger partial charge in [0.1, 0.15) is 5.82 Å². The molecule has 0 aliphatic rings. The number of halogens is 1. The third-order valence-corrected chi connectivity index (χ3v) is 6.55. The van der Waals surface area contributed by atoms with Crippen LogP contribution in [0.3, 0.4) is 0 Å². The summed E-state index contributed by atoms with van der Waals surface area (Å²) in [5.41, 5.74) is 0.751. The quantitative estimate of drug-likeness (QED) is 0.361. The summed E-state index contributed by atoms with van der Waals surface area (Å²) >= 11 is 0. The van der Waals surface area contributed by atoms with Crippen LogP contribution < -0.4 is 9.62 Å². The zero-order valence-electron chi connectivity index (χ0n) is 18.3. The van der Waals surface area contributed by atoms with Crippen LogP contribution in [0.1, 0.15) is 17.3 Å². The fourth-order valence-corrected chi connectivity index (χ4v) is 4.51. The molecule has 9 heteroatoms. The highest BCUT2D eigenvalue weighted by molar-refractivity contribution is 7.92. The topological polar surface area (TPSA) is 92.8 Å². The van der Waals surface area contributed by atoms with Crippen molar-refractivity contribution < 1.29 is 27.1 Å². The first-order valence-corrected chi connectivity index (χ1v) is 11.7. The number of esters is 1. The van der Waals surface area contributed by atoms with Crippen molar-refractivity contribution in [3.8, 4) is 0 Å². The van der Waals surface area contributed by atoms with E-state index in [1.54, 1.807) is 30.3 Å². The van der Waals surface area contributed by atoms with E-state index in [9.17, 15) is 22.4 Å². The van der Waals surface area contributed by atoms with Crippen molar-refractivity contribution in [1.82, 2.24) is 0 Å². The normalized spacial score (nSPS) is 11.8. The Morgan fingerprint density at radius 2 is 1.74 bits per heavy atom. The van der Waals surface area contributed by atoms with Gasteiger partial charge in [-0.1, -0.05) is 30.3 Å². The molecule has 3 aromatic rings. The molecule has 0 aliphatic heterocycles. The monoisotopic (exact) mass is 482 g/mol. The number of carbonyl (C=O) groups is 2. The summed E-state index contributed by atoms with van der Waals surface area (Å²) in [6, 6.07) is 19.0. The number of hydrogen-bond donors (Lipinski definition) is 1. The van der Waals surface area contributed by atoms with Crippen LogP contribution in [0.25, 0.3) is 0 Å². The van der Waals surface area contributed by atoms with Crippen molar-refractivity contribution in [2.45, 2.75) is 17.9 Å². The number of carbonyl (C=O) groups excluding carboxylic acids is 2. The van der Waals surface area contributed by atoms with E-state index in [1.165, 1.54) is 65.8 Å². The Labute approximate surface area is 197 Å². The number of anilines is 2. The molecule has 0 spiro atoms. The maximum absolute atomic E-state index is 13.3. The molecule has 176 valence electrons. The number of amides is 1.